The fourth-order valence-corrected chi connectivity index (χ4v) is 5.47. The highest BCUT2D eigenvalue weighted by molar-refractivity contribution is 8.15. The summed E-state index contributed by atoms with van der Waals surface area (Å²) in [5, 5.41) is 2.92. The summed E-state index contributed by atoms with van der Waals surface area (Å²) in [5.74, 6) is 0.718. The zero-order valence-electron chi connectivity index (χ0n) is 20.5. The number of carbonyl (C=O) groups excluding carboxylic acids is 2. The number of hydrogen-bond donors (Lipinski definition) is 1. The number of nitrogens with zero attached hydrogens (tertiary/aromatic N) is 2. The van der Waals surface area contributed by atoms with Crippen LogP contribution in [0.3, 0.4) is 0 Å². The topological polar surface area (TPSA) is 89.5 Å². The number of thioether (sulfide) groups is 1. The molecule has 2 aliphatic rings. The van der Waals surface area contributed by atoms with E-state index in [1.54, 1.807) is 30.2 Å². The molecule has 2 aromatic rings. The number of amides is 2. The van der Waals surface area contributed by atoms with Gasteiger partial charge < -0.3 is 19.5 Å². The van der Waals surface area contributed by atoms with Crippen molar-refractivity contribution in [3.05, 3.63) is 47.5 Å². The Balaban J connectivity index is 1.51. The second kappa shape index (κ2) is 11.1. The number of rotatable bonds is 8. The van der Waals surface area contributed by atoms with Gasteiger partial charge in [0.1, 0.15) is 5.25 Å². The molecular weight excluding hydrogens is 466 g/mol. The summed E-state index contributed by atoms with van der Waals surface area (Å²) < 4.78 is 16.3. The summed E-state index contributed by atoms with van der Waals surface area (Å²) in [4.78, 5) is 32.7. The van der Waals surface area contributed by atoms with Crippen molar-refractivity contribution in [2.75, 3.05) is 32.7 Å². The first-order valence-corrected chi connectivity index (χ1v) is 12.5. The van der Waals surface area contributed by atoms with Gasteiger partial charge in [-0.05, 0) is 62.1 Å². The molecule has 1 N–H and O–H groups in total. The standard InChI is InChI=1S/C26H31N3O5S/c1-16-10-17(2)12-19(11-16)28-26-29(15-20-6-5-9-34-20)25(31)23(35-26)14-24(30)27-18-7-8-21(32-3)22(13-18)33-4/h7-8,10-13,20,23H,5-6,9,14-15H2,1-4H3,(H,27,30). The molecular formula is C26H31N3O5S. The van der Waals surface area contributed by atoms with Crippen molar-refractivity contribution < 1.29 is 23.8 Å². The molecule has 2 atom stereocenters. The molecule has 0 aromatic heterocycles. The molecule has 4 rings (SSSR count). The van der Waals surface area contributed by atoms with E-state index in [4.69, 9.17) is 19.2 Å². The first kappa shape index (κ1) is 25.1. The molecule has 0 radical (unpaired) electrons. The van der Waals surface area contributed by atoms with Crippen LogP contribution < -0.4 is 14.8 Å². The highest BCUT2D eigenvalue weighted by Gasteiger charge is 2.40. The molecule has 2 aromatic carbocycles. The Kier molecular flexibility index (Phi) is 7.97. The van der Waals surface area contributed by atoms with Crippen LogP contribution in [0, 0.1) is 13.8 Å². The lowest BCUT2D eigenvalue weighted by Crippen LogP contribution is -2.38. The largest absolute Gasteiger partial charge is 0.493 e. The molecule has 0 saturated carbocycles. The van der Waals surface area contributed by atoms with Crippen molar-refractivity contribution in [3.8, 4) is 11.5 Å². The molecule has 0 spiro atoms. The fourth-order valence-electron chi connectivity index (χ4n) is 4.31. The maximum atomic E-state index is 13.4. The van der Waals surface area contributed by atoms with E-state index < -0.39 is 5.25 Å². The summed E-state index contributed by atoms with van der Waals surface area (Å²) in [6.07, 6.45) is 1.92. The number of benzene rings is 2. The van der Waals surface area contributed by atoms with Crippen molar-refractivity contribution in [2.24, 2.45) is 4.99 Å². The van der Waals surface area contributed by atoms with E-state index >= 15 is 0 Å². The van der Waals surface area contributed by atoms with Gasteiger partial charge in [0.2, 0.25) is 11.8 Å². The van der Waals surface area contributed by atoms with Crippen LogP contribution in [0.25, 0.3) is 0 Å². The number of aryl methyl sites for hydroxylation is 2. The number of ether oxygens (including phenoxy) is 3. The van der Waals surface area contributed by atoms with E-state index in [0.29, 0.717) is 35.5 Å². The minimum absolute atomic E-state index is 0.0108. The van der Waals surface area contributed by atoms with Gasteiger partial charge in [0.15, 0.2) is 16.7 Å². The lowest BCUT2D eigenvalue weighted by molar-refractivity contribution is -0.129. The first-order valence-electron chi connectivity index (χ1n) is 11.6. The molecule has 2 saturated heterocycles. The third-order valence-electron chi connectivity index (χ3n) is 5.90. The van der Waals surface area contributed by atoms with E-state index in [2.05, 4.69) is 11.4 Å². The molecule has 0 aliphatic carbocycles. The molecule has 2 heterocycles. The van der Waals surface area contributed by atoms with Crippen LogP contribution in [-0.4, -0.2) is 60.6 Å². The van der Waals surface area contributed by atoms with Crippen LogP contribution in [-0.2, 0) is 14.3 Å². The molecule has 2 amide bonds. The van der Waals surface area contributed by atoms with Gasteiger partial charge in [0, 0.05) is 24.8 Å². The normalized spacial score (nSPS) is 21.0. The minimum Gasteiger partial charge on any atom is -0.493 e. The van der Waals surface area contributed by atoms with Crippen molar-refractivity contribution in [2.45, 2.75) is 44.5 Å². The van der Waals surface area contributed by atoms with Gasteiger partial charge in [-0.25, -0.2) is 4.99 Å². The smallest absolute Gasteiger partial charge is 0.242 e. The Morgan fingerprint density at radius 2 is 1.89 bits per heavy atom. The highest BCUT2D eigenvalue weighted by Crippen LogP contribution is 2.34. The molecule has 0 bridgehead atoms. The van der Waals surface area contributed by atoms with E-state index in [1.165, 1.54) is 18.9 Å². The second-order valence-corrected chi connectivity index (χ2v) is 9.92. The Labute approximate surface area is 210 Å². The maximum absolute atomic E-state index is 13.4. The van der Waals surface area contributed by atoms with Gasteiger partial charge in [0.05, 0.1) is 32.6 Å². The Morgan fingerprint density at radius 3 is 2.54 bits per heavy atom. The average Bonchev–Trinajstić information content (AvgIpc) is 3.42. The lowest BCUT2D eigenvalue weighted by atomic mass is 10.1. The average molecular weight is 498 g/mol. The first-order chi connectivity index (χ1) is 16.9. The summed E-state index contributed by atoms with van der Waals surface area (Å²) in [6.45, 7) is 5.20. The maximum Gasteiger partial charge on any atom is 0.242 e. The quantitative estimate of drug-likeness (QED) is 0.579. The molecule has 9 heteroatoms. The van der Waals surface area contributed by atoms with Crippen LogP contribution in [0.2, 0.25) is 0 Å². The number of carbonyl (C=O) groups is 2. The zero-order chi connectivity index (χ0) is 24.9. The third-order valence-corrected chi connectivity index (χ3v) is 7.07. The van der Waals surface area contributed by atoms with Crippen LogP contribution in [0.1, 0.15) is 30.4 Å². The molecule has 35 heavy (non-hydrogen) atoms. The molecule has 2 aliphatic heterocycles. The summed E-state index contributed by atoms with van der Waals surface area (Å²) in [5.41, 5.74) is 3.58. The van der Waals surface area contributed by atoms with Crippen LogP contribution in [0.15, 0.2) is 41.4 Å². The van der Waals surface area contributed by atoms with Crippen molar-refractivity contribution in [1.82, 2.24) is 4.90 Å². The van der Waals surface area contributed by atoms with Gasteiger partial charge in [-0.3, -0.25) is 14.5 Å². The summed E-state index contributed by atoms with van der Waals surface area (Å²) in [6, 6.07) is 11.2. The Bertz CT molecular complexity index is 1110. The van der Waals surface area contributed by atoms with Crippen LogP contribution in [0.4, 0.5) is 11.4 Å². The number of nitrogens with one attached hydrogen (secondary N) is 1. The van der Waals surface area contributed by atoms with Gasteiger partial charge in [0.25, 0.3) is 0 Å². The van der Waals surface area contributed by atoms with E-state index in [1.807, 2.05) is 26.0 Å². The second-order valence-electron chi connectivity index (χ2n) is 8.75. The monoisotopic (exact) mass is 497 g/mol. The number of amidine groups is 1. The SMILES string of the molecule is COc1ccc(NC(=O)CC2SC(=Nc3cc(C)cc(C)c3)N(CC3CCCO3)C2=O)cc1OC. The predicted octanol–water partition coefficient (Wildman–Crippen LogP) is 4.46. The summed E-state index contributed by atoms with van der Waals surface area (Å²) in [7, 11) is 3.09. The van der Waals surface area contributed by atoms with Crippen molar-refractivity contribution >= 4 is 40.1 Å². The fraction of sp³-hybridized carbons (Fsp3) is 0.423. The van der Waals surface area contributed by atoms with Gasteiger partial charge in [-0.15, -0.1) is 0 Å². The number of methoxy groups -OCH3 is 2. The van der Waals surface area contributed by atoms with E-state index in [0.717, 1.165) is 29.7 Å². The summed E-state index contributed by atoms with van der Waals surface area (Å²) >= 11 is 1.33. The van der Waals surface area contributed by atoms with E-state index in [9.17, 15) is 9.59 Å². The van der Waals surface area contributed by atoms with Crippen molar-refractivity contribution in [1.29, 1.82) is 0 Å². The number of hydrogen-bond acceptors (Lipinski definition) is 7. The predicted molar refractivity (Wildman–Crippen MR) is 138 cm³/mol. The Morgan fingerprint density at radius 1 is 1.14 bits per heavy atom. The zero-order valence-corrected chi connectivity index (χ0v) is 21.3. The number of aliphatic imine (C=N–C) groups is 1. The lowest BCUT2D eigenvalue weighted by Gasteiger charge is -2.20. The van der Waals surface area contributed by atoms with E-state index in [-0.39, 0.29) is 24.3 Å². The van der Waals surface area contributed by atoms with Gasteiger partial charge in [-0.1, -0.05) is 17.8 Å². The number of anilines is 1. The molecule has 8 nitrogen and oxygen atoms in total. The van der Waals surface area contributed by atoms with Gasteiger partial charge in [-0.2, -0.15) is 0 Å². The van der Waals surface area contributed by atoms with Gasteiger partial charge >= 0.3 is 0 Å². The van der Waals surface area contributed by atoms with Crippen molar-refractivity contribution in [3.63, 3.8) is 0 Å². The highest BCUT2D eigenvalue weighted by atomic mass is 32.2. The molecule has 2 unspecified atom stereocenters. The molecule has 2 fully saturated rings. The van der Waals surface area contributed by atoms with Crippen LogP contribution >= 0.6 is 11.8 Å². The third kappa shape index (κ3) is 6.15. The van der Waals surface area contributed by atoms with Crippen LogP contribution in [0.5, 0.6) is 11.5 Å². The Hall–Kier alpha value is -3.04. The molecule has 186 valence electrons. The minimum atomic E-state index is -0.554.